The van der Waals surface area contributed by atoms with Crippen LogP contribution in [0.25, 0.3) is 16.6 Å². The molecule has 0 N–H and O–H groups in total. The van der Waals surface area contributed by atoms with Crippen molar-refractivity contribution in [2.45, 2.75) is 13.5 Å². The van der Waals surface area contributed by atoms with Crippen molar-refractivity contribution in [1.29, 1.82) is 0 Å². The quantitative estimate of drug-likeness (QED) is 0.427. The molecule has 0 atom stereocenters. The minimum Gasteiger partial charge on any atom is -0.489 e. The van der Waals surface area contributed by atoms with E-state index in [1.54, 1.807) is 19.1 Å². The summed E-state index contributed by atoms with van der Waals surface area (Å²) >= 11 is 0. The Labute approximate surface area is 163 Å². The minimum atomic E-state index is -0.299. The smallest absolute Gasteiger partial charge is 0.338 e. The Bertz CT molecular complexity index is 1080. The lowest BCUT2D eigenvalue weighted by molar-refractivity contribution is 0.0526. The van der Waals surface area contributed by atoms with Crippen LogP contribution in [0.2, 0.25) is 0 Å². The second-order valence-electron chi connectivity index (χ2n) is 6.45. The summed E-state index contributed by atoms with van der Waals surface area (Å²) in [5.74, 6) is 0.540. The number of carbonyl (C=O) groups is 1. The van der Waals surface area contributed by atoms with Crippen molar-refractivity contribution < 1.29 is 14.3 Å². The van der Waals surface area contributed by atoms with Gasteiger partial charge in [0, 0.05) is 17.3 Å². The summed E-state index contributed by atoms with van der Waals surface area (Å²) in [5, 5.41) is 1.10. The highest BCUT2D eigenvalue weighted by molar-refractivity contribution is 5.90. The Morgan fingerprint density at radius 2 is 1.71 bits per heavy atom. The molecule has 0 aliphatic carbocycles. The fourth-order valence-corrected chi connectivity index (χ4v) is 3.15. The molecular formula is C24H21NO3. The Morgan fingerprint density at radius 1 is 0.929 bits per heavy atom. The summed E-state index contributed by atoms with van der Waals surface area (Å²) in [6.45, 7) is 2.72. The number of nitrogens with zero attached hydrogens (tertiary/aromatic N) is 1. The van der Waals surface area contributed by atoms with Crippen LogP contribution in [0, 0.1) is 0 Å². The van der Waals surface area contributed by atoms with Crippen LogP contribution < -0.4 is 4.74 Å². The van der Waals surface area contributed by atoms with E-state index >= 15 is 0 Å². The van der Waals surface area contributed by atoms with Crippen molar-refractivity contribution in [3.63, 3.8) is 0 Å². The van der Waals surface area contributed by atoms with E-state index in [4.69, 9.17) is 9.47 Å². The summed E-state index contributed by atoms with van der Waals surface area (Å²) in [6, 6.07) is 25.7. The van der Waals surface area contributed by atoms with Crippen molar-refractivity contribution in [2.75, 3.05) is 6.61 Å². The van der Waals surface area contributed by atoms with Crippen molar-refractivity contribution in [3.8, 4) is 11.4 Å². The highest BCUT2D eigenvalue weighted by Gasteiger charge is 2.08. The molecule has 0 unspecified atom stereocenters. The average molecular weight is 371 g/mol. The fourth-order valence-electron chi connectivity index (χ4n) is 3.15. The monoisotopic (exact) mass is 371 g/mol. The molecule has 0 saturated heterocycles. The lowest BCUT2D eigenvalue weighted by Gasteiger charge is -2.09. The van der Waals surface area contributed by atoms with Crippen LogP contribution in [-0.4, -0.2) is 17.1 Å². The number of benzene rings is 3. The highest BCUT2D eigenvalue weighted by Crippen LogP contribution is 2.25. The number of rotatable bonds is 6. The van der Waals surface area contributed by atoms with E-state index in [-0.39, 0.29) is 5.97 Å². The molecule has 4 aromatic rings. The molecule has 0 amide bonds. The average Bonchev–Trinajstić information content (AvgIpc) is 3.16. The van der Waals surface area contributed by atoms with Crippen LogP contribution in [-0.2, 0) is 11.3 Å². The summed E-state index contributed by atoms with van der Waals surface area (Å²) in [6.07, 6.45) is 2.02. The van der Waals surface area contributed by atoms with Crippen LogP contribution >= 0.6 is 0 Å². The number of ether oxygens (including phenoxy) is 2. The van der Waals surface area contributed by atoms with Crippen LogP contribution in [0.15, 0.2) is 85.1 Å². The molecule has 4 nitrogen and oxygen atoms in total. The maximum atomic E-state index is 11.8. The van der Waals surface area contributed by atoms with Gasteiger partial charge in [-0.3, -0.25) is 0 Å². The normalized spacial score (nSPS) is 10.8. The maximum absolute atomic E-state index is 11.8. The van der Waals surface area contributed by atoms with Gasteiger partial charge in [0.1, 0.15) is 12.4 Å². The zero-order chi connectivity index (χ0) is 19.3. The van der Waals surface area contributed by atoms with E-state index in [0.29, 0.717) is 18.8 Å². The number of esters is 1. The van der Waals surface area contributed by atoms with E-state index in [2.05, 4.69) is 28.8 Å². The zero-order valence-electron chi connectivity index (χ0n) is 15.7. The molecule has 4 rings (SSSR count). The van der Waals surface area contributed by atoms with Gasteiger partial charge in [0.25, 0.3) is 0 Å². The van der Waals surface area contributed by atoms with E-state index in [1.807, 2.05) is 48.7 Å². The van der Waals surface area contributed by atoms with E-state index in [1.165, 1.54) is 0 Å². The molecule has 28 heavy (non-hydrogen) atoms. The summed E-state index contributed by atoms with van der Waals surface area (Å²) in [7, 11) is 0. The molecule has 0 saturated carbocycles. The zero-order valence-corrected chi connectivity index (χ0v) is 15.7. The predicted molar refractivity (Wildman–Crippen MR) is 110 cm³/mol. The highest BCUT2D eigenvalue weighted by atomic mass is 16.5. The van der Waals surface area contributed by atoms with Gasteiger partial charge in [0.05, 0.1) is 17.7 Å². The second kappa shape index (κ2) is 8.01. The van der Waals surface area contributed by atoms with Crippen LogP contribution in [0.4, 0.5) is 0 Å². The van der Waals surface area contributed by atoms with Gasteiger partial charge in [-0.2, -0.15) is 0 Å². The minimum absolute atomic E-state index is 0.299. The van der Waals surface area contributed by atoms with Crippen LogP contribution in [0.5, 0.6) is 5.75 Å². The Hall–Kier alpha value is -3.53. The van der Waals surface area contributed by atoms with Gasteiger partial charge < -0.3 is 14.0 Å². The van der Waals surface area contributed by atoms with Gasteiger partial charge in [0.15, 0.2) is 0 Å². The van der Waals surface area contributed by atoms with Crippen LogP contribution in [0.1, 0.15) is 22.8 Å². The van der Waals surface area contributed by atoms with Crippen molar-refractivity contribution in [3.05, 3.63) is 96.2 Å². The largest absolute Gasteiger partial charge is 0.489 e. The van der Waals surface area contributed by atoms with E-state index in [0.717, 1.165) is 27.9 Å². The number of hydrogen-bond donors (Lipinski definition) is 0. The lowest BCUT2D eigenvalue weighted by Crippen LogP contribution is -2.04. The summed E-state index contributed by atoms with van der Waals surface area (Å²) in [4.78, 5) is 11.8. The Kier molecular flexibility index (Phi) is 5.11. The third kappa shape index (κ3) is 3.76. The molecule has 140 valence electrons. The molecular weight excluding hydrogens is 350 g/mol. The standard InChI is InChI=1S/C24H21NO3/c1-2-27-24(26)19-8-10-21(11-9-19)25-15-14-20-16-22(12-13-23(20)25)28-17-18-6-4-3-5-7-18/h3-16H,2,17H2,1H3. The fraction of sp³-hybridized carbons (Fsp3) is 0.125. The summed E-state index contributed by atoms with van der Waals surface area (Å²) < 4.78 is 13.0. The van der Waals surface area contributed by atoms with Gasteiger partial charge in [-0.1, -0.05) is 30.3 Å². The first-order valence-corrected chi connectivity index (χ1v) is 9.30. The van der Waals surface area contributed by atoms with Gasteiger partial charge >= 0.3 is 5.97 Å². The number of aromatic nitrogens is 1. The molecule has 0 bridgehead atoms. The van der Waals surface area contributed by atoms with Gasteiger partial charge in [-0.15, -0.1) is 0 Å². The maximum Gasteiger partial charge on any atom is 0.338 e. The van der Waals surface area contributed by atoms with Crippen LogP contribution in [0.3, 0.4) is 0 Å². The predicted octanol–water partition coefficient (Wildman–Crippen LogP) is 5.39. The number of fused-ring (bicyclic) bond motifs is 1. The first kappa shape index (κ1) is 17.9. The van der Waals surface area contributed by atoms with Gasteiger partial charge in [-0.05, 0) is 61.0 Å². The summed E-state index contributed by atoms with van der Waals surface area (Å²) in [5.41, 5.74) is 3.76. The van der Waals surface area contributed by atoms with E-state index < -0.39 is 0 Å². The molecule has 1 heterocycles. The molecule has 0 radical (unpaired) electrons. The molecule has 3 aromatic carbocycles. The SMILES string of the molecule is CCOC(=O)c1ccc(-n2ccc3cc(OCc4ccccc4)ccc32)cc1. The van der Waals surface area contributed by atoms with Crippen molar-refractivity contribution >= 4 is 16.9 Å². The molecule has 0 spiro atoms. The third-order valence-corrected chi connectivity index (χ3v) is 4.57. The third-order valence-electron chi connectivity index (χ3n) is 4.57. The Balaban J connectivity index is 1.54. The number of hydrogen-bond acceptors (Lipinski definition) is 3. The lowest BCUT2D eigenvalue weighted by atomic mass is 10.2. The van der Waals surface area contributed by atoms with Gasteiger partial charge in [0.2, 0.25) is 0 Å². The number of carbonyl (C=O) groups excluding carboxylic acids is 1. The van der Waals surface area contributed by atoms with Crippen molar-refractivity contribution in [2.24, 2.45) is 0 Å². The first-order chi connectivity index (χ1) is 13.7. The first-order valence-electron chi connectivity index (χ1n) is 9.30. The molecule has 4 heteroatoms. The molecule has 1 aromatic heterocycles. The molecule has 0 aliphatic heterocycles. The second-order valence-corrected chi connectivity index (χ2v) is 6.45. The molecule has 0 fully saturated rings. The molecule has 0 aliphatic rings. The van der Waals surface area contributed by atoms with Crippen molar-refractivity contribution in [1.82, 2.24) is 4.57 Å². The Morgan fingerprint density at radius 3 is 2.46 bits per heavy atom. The topological polar surface area (TPSA) is 40.5 Å². The van der Waals surface area contributed by atoms with E-state index in [9.17, 15) is 4.79 Å². The van der Waals surface area contributed by atoms with Gasteiger partial charge in [-0.25, -0.2) is 4.79 Å².